The summed E-state index contributed by atoms with van der Waals surface area (Å²) in [5.74, 6) is -2.14. The normalized spacial score (nSPS) is 11.6. The Morgan fingerprint density at radius 3 is 2.56 bits per heavy atom. The maximum atomic E-state index is 13.9. The molecule has 2 aromatic rings. The topological polar surface area (TPSA) is 72.2 Å². The number of nitrogens with zero attached hydrogens (tertiary/aromatic N) is 2. The van der Waals surface area contributed by atoms with E-state index in [2.05, 4.69) is 5.10 Å². The van der Waals surface area contributed by atoms with Gasteiger partial charge in [0, 0.05) is 12.1 Å². The van der Waals surface area contributed by atoms with Crippen LogP contribution in [0, 0.1) is 12.7 Å². The predicted molar refractivity (Wildman–Crippen MR) is 80.3 cm³/mol. The molecule has 0 aliphatic carbocycles. The fourth-order valence-corrected chi connectivity index (χ4v) is 2.44. The molecule has 0 atom stereocenters. The highest BCUT2D eigenvalue weighted by Crippen LogP contribution is 2.29. The van der Waals surface area contributed by atoms with Crippen molar-refractivity contribution < 1.29 is 27.5 Å². The summed E-state index contributed by atoms with van der Waals surface area (Å²) in [6.07, 6.45) is -4.33. The van der Waals surface area contributed by atoms with E-state index in [4.69, 9.17) is 16.7 Å². The maximum Gasteiger partial charge on any atom is 0.418 e. The Kier molecular flexibility index (Phi) is 5.17. The number of hydrogen-bond donors (Lipinski definition) is 1. The minimum Gasteiger partial charge on any atom is -0.478 e. The van der Waals surface area contributed by atoms with Crippen LogP contribution in [0.15, 0.2) is 23.1 Å². The molecule has 1 N–H and O–H groups in total. The standard InChI is InChI=1S/C15H11ClF4N2O3/c1-7-10(15(18,19)20)6-21-22(13(7)23)3-2-8-4-9(14(24)25)11(16)5-12(8)17/h4-6H,2-3H2,1H3,(H,24,25). The number of aromatic carboxylic acids is 1. The number of carboxylic acids is 1. The minimum atomic E-state index is -4.70. The van der Waals surface area contributed by atoms with E-state index in [9.17, 15) is 27.2 Å². The molecule has 0 aliphatic rings. The number of carboxylic acid groups (broad SMARTS) is 1. The van der Waals surface area contributed by atoms with Gasteiger partial charge in [0.15, 0.2) is 0 Å². The molecular formula is C15H11ClF4N2O3. The molecule has 0 fully saturated rings. The van der Waals surface area contributed by atoms with Crippen molar-refractivity contribution in [1.82, 2.24) is 9.78 Å². The van der Waals surface area contributed by atoms with Crippen LogP contribution in [0.4, 0.5) is 17.6 Å². The quantitative estimate of drug-likeness (QED) is 0.829. The third-order valence-corrected chi connectivity index (χ3v) is 3.86. The third-order valence-electron chi connectivity index (χ3n) is 3.55. The van der Waals surface area contributed by atoms with Crippen LogP contribution in [0.3, 0.4) is 0 Å². The van der Waals surface area contributed by atoms with Crippen LogP contribution in [0.1, 0.15) is 27.0 Å². The first kappa shape index (κ1) is 18.9. The van der Waals surface area contributed by atoms with E-state index in [0.717, 1.165) is 23.7 Å². The number of hydrogen-bond acceptors (Lipinski definition) is 3. The molecule has 0 saturated carbocycles. The first-order valence-electron chi connectivity index (χ1n) is 6.87. The zero-order valence-electron chi connectivity index (χ0n) is 12.7. The van der Waals surface area contributed by atoms with Crippen LogP contribution in [0.25, 0.3) is 0 Å². The van der Waals surface area contributed by atoms with Gasteiger partial charge in [-0.15, -0.1) is 0 Å². The Morgan fingerprint density at radius 1 is 1.36 bits per heavy atom. The second-order valence-corrected chi connectivity index (χ2v) is 5.60. The van der Waals surface area contributed by atoms with Crippen LogP contribution in [0.5, 0.6) is 0 Å². The average Bonchev–Trinajstić information content (AvgIpc) is 2.48. The Labute approximate surface area is 143 Å². The minimum absolute atomic E-state index is 0.0481. The van der Waals surface area contributed by atoms with Crippen molar-refractivity contribution in [3.63, 3.8) is 0 Å². The highest BCUT2D eigenvalue weighted by atomic mass is 35.5. The second kappa shape index (κ2) is 6.83. The third kappa shape index (κ3) is 3.98. The van der Waals surface area contributed by atoms with Gasteiger partial charge in [0.1, 0.15) is 5.82 Å². The summed E-state index contributed by atoms with van der Waals surface area (Å²) in [5.41, 5.74) is -2.98. The van der Waals surface area contributed by atoms with Gasteiger partial charge in [0.05, 0.1) is 22.3 Å². The lowest BCUT2D eigenvalue weighted by atomic mass is 10.1. The highest BCUT2D eigenvalue weighted by Gasteiger charge is 2.34. The van der Waals surface area contributed by atoms with E-state index >= 15 is 0 Å². The zero-order chi connectivity index (χ0) is 18.9. The summed E-state index contributed by atoms with van der Waals surface area (Å²) >= 11 is 5.62. The van der Waals surface area contributed by atoms with Crippen molar-refractivity contribution in [2.24, 2.45) is 0 Å². The number of aromatic nitrogens is 2. The Morgan fingerprint density at radius 2 is 2.00 bits per heavy atom. The van der Waals surface area contributed by atoms with E-state index in [1.54, 1.807) is 0 Å². The summed E-state index contributed by atoms with van der Waals surface area (Å²) in [6.45, 7) is 0.796. The first-order chi connectivity index (χ1) is 11.5. The summed E-state index contributed by atoms with van der Waals surface area (Å²) < 4.78 is 52.8. The number of rotatable bonds is 4. The molecule has 134 valence electrons. The summed E-state index contributed by atoms with van der Waals surface area (Å²) in [6, 6.07) is 1.84. The summed E-state index contributed by atoms with van der Waals surface area (Å²) in [7, 11) is 0. The van der Waals surface area contributed by atoms with Gasteiger partial charge in [0.25, 0.3) is 5.56 Å². The molecule has 1 aromatic heterocycles. The molecule has 1 aromatic carbocycles. The Balaban J connectivity index is 2.31. The number of alkyl halides is 3. The number of carbonyl (C=O) groups is 1. The van der Waals surface area contributed by atoms with Crippen LogP contribution in [0.2, 0.25) is 5.02 Å². The number of benzene rings is 1. The molecular weight excluding hydrogens is 368 g/mol. The molecule has 0 spiro atoms. The van der Waals surface area contributed by atoms with Gasteiger partial charge in [-0.2, -0.15) is 18.3 Å². The van der Waals surface area contributed by atoms with Crippen LogP contribution >= 0.6 is 11.6 Å². The monoisotopic (exact) mass is 378 g/mol. The van der Waals surface area contributed by atoms with Crippen molar-refractivity contribution in [1.29, 1.82) is 0 Å². The zero-order valence-corrected chi connectivity index (χ0v) is 13.5. The fourth-order valence-electron chi connectivity index (χ4n) is 2.21. The van der Waals surface area contributed by atoms with Crippen LogP contribution in [-0.2, 0) is 19.1 Å². The molecule has 2 rings (SSSR count). The number of aryl methyl sites for hydroxylation is 2. The Bertz CT molecular complexity index is 894. The molecule has 0 unspecified atom stereocenters. The molecule has 0 aliphatic heterocycles. The van der Waals surface area contributed by atoms with Crippen molar-refractivity contribution >= 4 is 17.6 Å². The van der Waals surface area contributed by atoms with E-state index in [1.165, 1.54) is 0 Å². The van der Waals surface area contributed by atoms with Crippen molar-refractivity contribution in [3.8, 4) is 0 Å². The van der Waals surface area contributed by atoms with Crippen LogP contribution in [-0.4, -0.2) is 20.9 Å². The predicted octanol–water partition coefficient (Wildman–Crippen LogP) is 3.30. The van der Waals surface area contributed by atoms with E-state index in [0.29, 0.717) is 6.20 Å². The van der Waals surface area contributed by atoms with Gasteiger partial charge >= 0.3 is 12.1 Å². The van der Waals surface area contributed by atoms with Gasteiger partial charge in [-0.05, 0) is 31.0 Å². The van der Waals surface area contributed by atoms with Gasteiger partial charge in [-0.25, -0.2) is 13.9 Å². The number of halogens is 5. The van der Waals surface area contributed by atoms with Gasteiger partial charge in [-0.3, -0.25) is 4.79 Å². The summed E-state index contributed by atoms with van der Waals surface area (Å²) in [5, 5.41) is 12.1. The lowest BCUT2D eigenvalue weighted by Gasteiger charge is -2.12. The van der Waals surface area contributed by atoms with Crippen molar-refractivity contribution in [3.05, 3.63) is 61.8 Å². The second-order valence-electron chi connectivity index (χ2n) is 5.19. The lowest BCUT2D eigenvalue weighted by molar-refractivity contribution is -0.138. The molecule has 0 bridgehead atoms. The van der Waals surface area contributed by atoms with Gasteiger partial charge in [-0.1, -0.05) is 11.6 Å². The first-order valence-corrected chi connectivity index (χ1v) is 7.25. The molecule has 1 heterocycles. The largest absolute Gasteiger partial charge is 0.478 e. The fraction of sp³-hybridized carbons (Fsp3) is 0.267. The molecule has 25 heavy (non-hydrogen) atoms. The highest BCUT2D eigenvalue weighted by molar-refractivity contribution is 6.33. The average molecular weight is 379 g/mol. The lowest BCUT2D eigenvalue weighted by Crippen LogP contribution is -2.29. The van der Waals surface area contributed by atoms with E-state index < -0.39 is 34.6 Å². The van der Waals surface area contributed by atoms with Crippen molar-refractivity contribution in [2.45, 2.75) is 26.1 Å². The molecule has 0 amide bonds. The molecule has 5 nitrogen and oxygen atoms in total. The summed E-state index contributed by atoms with van der Waals surface area (Å²) in [4.78, 5) is 23.0. The molecule has 0 radical (unpaired) electrons. The smallest absolute Gasteiger partial charge is 0.418 e. The van der Waals surface area contributed by atoms with Gasteiger partial charge < -0.3 is 5.11 Å². The maximum absolute atomic E-state index is 13.9. The Hall–Kier alpha value is -2.42. The van der Waals surface area contributed by atoms with Crippen LogP contribution < -0.4 is 5.56 Å². The molecule has 0 saturated heterocycles. The van der Waals surface area contributed by atoms with Crippen molar-refractivity contribution in [2.75, 3.05) is 0 Å². The van der Waals surface area contributed by atoms with E-state index in [-0.39, 0.29) is 29.1 Å². The van der Waals surface area contributed by atoms with E-state index in [1.807, 2.05) is 0 Å². The SMILES string of the molecule is Cc1c(C(F)(F)F)cnn(CCc2cc(C(=O)O)c(Cl)cc2F)c1=O. The van der Waals surface area contributed by atoms with Gasteiger partial charge in [0.2, 0.25) is 0 Å². The molecule has 10 heteroatoms.